The first-order valence-corrected chi connectivity index (χ1v) is 5.47. The Hall–Kier alpha value is -0.590. The van der Waals surface area contributed by atoms with Crippen LogP contribution in [-0.2, 0) is 4.79 Å². The third-order valence-corrected chi connectivity index (χ3v) is 3.65. The van der Waals surface area contributed by atoms with Crippen LogP contribution in [0.25, 0.3) is 0 Å². The van der Waals surface area contributed by atoms with Gasteiger partial charge in [0.1, 0.15) is 5.78 Å². The second-order valence-electron chi connectivity index (χ2n) is 4.56. The highest BCUT2D eigenvalue weighted by Crippen LogP contribution is 2.40. The minimum atomic E-state index is 0.416. The Kier molecular flexibility index (Phi) is 2.52. The average molecular weight is 178 g/mol. The van der Waals surface area contributed by atoms with Gasteiger partial charge in [-0.2, -0.15) is 0 Å². The van der Waals surface area contributed by atoms with Crippen LogP contribution < -0.4 is 0 Å². The molecule has 0 radical (unpaired) electrons. The normalized spacial score (nSPS) is 35.4. The summed E-state index contributed by atoms with van der Waals surface area (Å²) in [6, 6.07) is 0. The molecule has 1 nitrogen and oxygen atoms in total. The van der Waals surface area contributed by atoms with Crippen LogP contribution in [0.1, 0.15) is 44.9 Å². The number of rotatable bonds is 0. The summed E-state index contributed by atoms with van der Waals surface area (Å²) in [4.78, 5) is 11.4. The Bertz CT molecular complexity index is 229. The van der Waals surface area contributed by atoms with Gasteiger partial charge in [-0.05, 0) is 31.1 Å². The fourth-order valence-electron chi connectivity index (χ4n) is 2.91. The van der Waals surface area contributed by atoms with Crippen LogP contribution in [0.2, 0.25) is 0 Å². The Morgan fingerprint density at radius 1 is 1.15 bits per heavy atom. The van der Waals surface area contributed by atoms with Crippen LogP contribution in [0.4, 0.5) is 0 Å². The van der Waals surface area contributed by atoms with Crippen LogP contribution in [-0.4, -0.2) is 5.78 Å². The van der Waals surface area contributed by atoms with Crippen LogP contribution in [0.3, 0.4) is 0 Å². The van der Waals surface area contributed by atoms with Crippen LogP contribution in [0, 0.1) is 11.8 Å². The summed E-state index contributed by atoms with van der Waals surface area (Å²) in [5.74, 6) is 1.88. The summed E-state index contributed by atoms with van der Waals surface area (Å²) in [5.41, 5.74) is 1.23. The Labute approximate surface area is 80.2 Å². The SMILES string of the molecule is C=C1CC(=O)CC[C@H]2CCCC[C@H]12. The average Bonchev–Trinajstić information content (AvgIpc) is 2.27. The maximum atomic E-state index is 11.4. The van der Waals surface area contributed by atoms with Crippen molar-refractivity contribution < 1.29 is 4.79 Å². The zero-order valence-electron chi connectivity index (χ0n) is 8.22. The molecular formula is C12H18O. The van der Waals surface area contributed by atoms with Crippen molar-refractivity contribution >= 4 is 5.78 Å². The molecule has 2 aliphatic rings. The molecule has 0 amide bonds. The molecule has 0 bridgehead atoms. The molecule has 2 aliphatic carbocycles. The Morgan fingerprint density at radius 3 is 2.77 bits per heavy atom. The molecule has 72 valence electrons. The highest BCUT2D eigenvalue weighted by molar-refractivity contribution is 5.81. The number of fused-ring (bicyclic) bond motifs is 1. The van der Waals surface area contributed by atoms with Crippen molar-refractivity contribution in [2.45, 2.75) is 44.9 Å². The van der Waals surface area contributed by atoms with E-state index in [-0.39, 0.29) is 0 Å². The molecular weight excluding hydrogens is 160 g/mol. The van der Waals surface area contributed by atoms with Gasteiger partial charge in [-0.25, -0.2) is 0 Å². The van der Waals surface area contributed by atoms with Gasteiger partial charge >= 0.3 is 0 Å². The molecule has 13 heavy (non-hydrogen) atoms. The molecule has 1 heteroatoms. The van der Waals surface area contributed by atoms with Gasteiger partial charge in [-0.15, -0.1) is 0 Å². The second kappa shape index (κ2) is 3.65. The molecule has 2 rings (SSSR count). The van der Waals surface area contributed by atoms with E-state index in [0.29, 0.717) is 18.1 Å². The van der Waals surface area contributed by atoms with E-state index in [4.69, 9.17) is 0 Å². The van der Waals surface area contributed by atoms with E-state index in [1.165, 1.54) is 31.3 Å². The lowest BCUT2D eigenvalue weighted by atomic mass is 9.75. The van der Waals surface area contributed by atoms with Crippen molar-refractivity contribution in [3.8, 4) is 0 Å². The van der Waals surface area contributed by atoms with Gasteiger partial charge in [-0.3, -0.25) is 4.79 Å². The Balaban J connectivity index is 2.12. The Morgan fingerprint density at radius 2 is 1.92 bits per heavy atom. The van der Waals surface area contributed by atoms with Gasteiger partial charge in [0, 0.05) is 12.8 Å². The fourth-order valence-corrected chi connectivity index (χ4v) is 2.91. The second-order valence-corrected chi connectivity index (χ2v) is 4.56. The standard InChI is InChI=1S/C12H18O/c1-9-8-11(13)7-6-10-4-2-3-5-12(9)10/h10,12H,1-8H2/t10-,12-/m1/s1. The third-order valence-electron chi connectivity index (χ3n) is 3.65. The van der Waals surface area contributed by atoms with Crippen molar-refractivity contribution in [3.05, 3.63) is 12.2 Å². The lowest BCUT2D eigenvalue weighted by Gasteiger charge is -2.30. The van der Waals surface area contributed by atoms with E-state index < -0.39 is 0 Å². The molecule has 0 N–H and O–H groups in total. The maximum absolute atomic E-state index is 11.4. The first-order chi connectivity index (χ1) is 6.27. The highest BCUT2D eigenvalue weighted by Gasteiger charge is 2.30. The molecule has 0 saturated heterocycles. The van der Waals surface area contributed by atoms with E-state index in [2.05, 4.69) is 6.58 Å². The number of ketones is 1. The number of carbonyl (C=O) groups is 1. The molecule has 0 aliphatic heterocycles. The molecule has 2 saturated carbocycles. The van der Waals surface area contributed by atoms with Gasteiger partial charge in [0.15, 0.2) is 0 Å². The monoisotopic (exact) mass is 178 g/mol. The lowest BCUT2D eigenvalue weighted by molar-refractivity contribution is -0.118. The van der Waals surface area contributed by atoms with E-state index in [0.717, 1.165) is 18.8 Å². The number of Topliss-reactive ketones (excluding diaryl/α,β-unsaturated/α-hetero) is 1. The van der Waals surface area contributed by atoms with Crippen molar-refractivity contribution in [3.63, 3.8) is 0 Å². The zero-order valence-corrected chi connectivity index (χ0v) is 8.22. The largest absolute Gasteiger partial charge is 0.299 e. The van der Waals surface area contributed by atoms with Crippen molar-refractivity contribution in [2.24, 2.45) is 11.8 Å². The molecule has 2 fully saturated rings. The van der Waals surface area contributed by atoms with E-state index in [1.807, 2.05) is 0 Å². The number of hydrogen-bond acceptors (Lipinski definition) is 1. The smallest absolute Gasteiger partial charge is 0.136 e. The summed E-state index contributed by atoms with van der Waals surface area (Å²) in [6.07, 6.45) is 7.93. The van der Waals surface area contributed by atoms with Gasteiger partial charge in [0.05, 0.1) is 0 Å². The molecule has 0 aromatic rings. The molecule has 2 atom stereocenters. The molecule has 0 aromatic heterocycles. The van der Waals surface area contributed by atoms with Crippen molar-refractivity contribution in [2.75, 3.05) is 0 Å². The summed E-state index contributed by atoms with van der Waals surface area (Å²) in [7, 11) is 0. The lowest BCUT2D eigenvalue weighted by Crippen LogP contribution is -2.19. The molecule has 0 spiro atoms. The minimum Gasteiger partial charge on any atom is -0.299 e. The summed E-state index contributed by atoms with van der Waals surface area (Å²) >= 11 is 0. The number of allylic oxidation sites excluding steroid dienone is 1. The van der Waals surface area contributed by atoms with E-state index >= 15 is 0 Å². The first-order valence-electron chi connectivity index (χ1n) is 5.47. The fraction of sp³-hybridized carbons (Fsp3) is 0.750. The van der Waals surface area contributed by atoms with E-state index in [9.17, 15) is 4.79 Å². The first kappa shape index (κ1) is 8.98. The van der Waals surface area contributed by atoms with E-state index in [1.54, 1.807) is 0 Å². The third kappa shape index (κ3) is 1.84. The molecule has 0 heterocycles. The van der Waals surface area contributed by atoms with Crippen LogP contribution in [0.15, 0.2) is 12.2 Å². The zero-order chi connectivity index (χ0) is 9.26. The van der Waals surface area contributed by atoms with Gasteiger partial charge in [0.25, 0.3) is 0 Å². The molecule has 0 aromatic carbocycles. The minimum absolute atomic E-state index is 0.416. The summed E-state index contributed by atoms with van der Waals surface area (Å²) in [5, 5.41) is 0. The topological polar surface area (TPSA) is 17.1 Å². The van der Waals surface area contributed by atoms with Crippen LogP contribution in [0.5, 0.6) is 0 Å². The van der Waals surface area contributed by atoms with Gasteiger partial charge < -0.3 is 0 Å². The van der Waals surface area contributed by atoms with Crippen molar-refractivity contribution in [1.29, 1.82) is 0 Å². The quantitative estimate of drug-likeness (QED) is 0.521. The summed E-state index contributed by atoms with van der Waals surface area (Å²) < 4.78 is 0. The van der Waals surface area contributed by atoms with Gasteiger partial charge in [0.2, 0.25) is 0 Å². The van der Waals surface area contributed by atoms with Crippen molar-refractivity contribution in [1.82, 2.24) is 0 Å². The number of carbonyl (C=O) groups excluding carboxylic acids is 1. The highest BCUT2D eigenvalue weighted by atomic mass is 16.1. The van der Waals surface area contributed by atoms with Gasteiger partial charge in [-0.1, -0.05) is 25.0 Å². The molecule has 0 unspecified atom stereocenters. The predicted molar refractivity (Wildman–Crippen MR) is 53.4 cm³/mol. The summed E-state index contributed by atoms with van der Waals surface area (Å²) in [6.45, 7) is 4.09. The maximum Gasteiger partial charge on any atom is 0.136 e. The number of hydrogen-bond donors (Lipinski definition) is 0. The predicted octanol–water partition coefficient (Wildman–Crippen LogP) is 3.10. The van der Waals surface area contributed by atoms with Crippen LogP contribution >= 0.6 is 0 Å².